The van der Waals surface area contributed by atoms with Crippen molar-refractivity contribution in [2.24, 2.45) is 4.99 Å². The van der Waals surface area contributed by atoms with Crippen LogP contribution in [0.15, 0.2) is 29.3 Å². The number of benzene rings is 1. The normalized spacial score (nSPS) is 12.7. The summed E-state index contributed by atoms with van der Waals surface area (Å²) in [5.74, 6) is -0.286. The molecule has 0 radical (unpaired) electrons. The highest BCUT2D eigenvalue weighted by atomic mass is 16.3. The third-order valence-electron chi connectivity index (χ3n) is 2.17. The highest BCUT2D eigenvalue weighted by molar-refractivity contribution is 5.86. The molecule has 1 atom stereocenters. The Labute approximate surface area is 95.0 Å². The van der Waals surface area contributed by atoms with Crippen molar-refractivity contribution < 1.29 is 9.90 Å². The lowest BCUT2D eigenvalue weighted by Gasteiger charge is -2.06. The number of hydrogen-bond acceptors (Lipinski definition) is 3. The number of aliphatic imine (C=N–C) groups is 1. The Kier molecular flexibility index (Phi) is 4.66. The Hall–Kier alpha value is -1.68. The highest BCUT2D eigenvalue weighted by Crippen LogP contribution is 2.01. The van der Waals surface area contributed by atoms with Crippen LogP contribution in [0.5, 0.6) is 0 Å². The minimum absolute atomic E-state index is 0.286. The van der Waals surface area contributed by atoms with E-state index < -0.39 is 6.04 Å². The van der Waals surface area contributed by atoms with Gasteiger partial charge in [-0.2, -0.15) is 0 Å². The van der Waals surface area contributed by atoms with Crippen molar-refractivity contribution in [1.82, 2.24) is 5.32 Å². The smallest absolute Gasteiger partial charge is 0.246 e. The molecule has 0 aliphatic carbocycles. The molecule has 0 fully saturated rings. The molecule has 0 aliphatic heterocycles. The summed E-state index contributed by atoms with van der Waals surface area (Å²) in [5.41, 5.74) is 2.05. The molecule has 0 aliphatic rings. The minimum Gasteiger partial charge on any atom is -0.394 e. The number of aryl methyl sites for hydroxylation is 1. The second kappa shape index (κ2) is 6.02. The van der Waals surface area contributed by atoms with Gasteiger partial charge in [-0.15, -0.1) is 0 Å². The van der Waals surface area contributed by atoms with E-state index in [9.17, 15) is 4.79 Å². The quantitative estimate of drug-likeness (QED) is 0.727. The Bertz CT molecular complexity index is 388. The van der Waals surface area contributed by atoms with Crippen molar-refractivity contribution in [3.63, 3.8) is 0 Å². The molecular formula is C12H16N2O2. The van der Waals surface area contributed by atoms with Gasteiger partial charge in [0, 0.05) is 13.3 Å². The van der Waals surface area contributed by atoms with Crippen molar-refractivity contribution in [3.05, 3.63) is 35.4 Å². The van der Waals surface area contributed by atoms with Crippen LogP contribution in [0.25, 0.3) is 0 Å². The van der Waals surface area contributed by atoms with E-state index in [-0.39, 0.29) is 12.5 Å². The first-order valence-corrected chi connectivity index (χ1v) is 5.09. The Morgan fingerprint density at radius 2 is 2.38 bits per heavy atom. The molecule has 4 nitrogen and oxygen atoms in total. The summed E-state index contributed by atoms with van der Waals surface area (Å²) in [4.78, 5) is 15.3. The number of nitrogens with one attached hydrogen (secondary N) is 1. The van der Waals surface area contributed by atoms with E-state index in [0.717, 1.165) is 11.1 Å². The van der Waals surface area contributed by atoms with Gasteiger partial charge in [0.25, 0.3) is 0 Å². The maximum Gasteiger partial charge on any atom is 0.246 e. The molecule has 1 aromatic carbocycles. The average molecular weight is 220 g/mol. The molecule has 0 saturated heterocycles. The number of likely N-dealkylation sites (N-methyl/N-ethyl adjacent to an activating group) is 1. The second-order valence-corrected chi connectivity index (χ2v) is 3.50. The molecule has 4 heteroatoms. The molecule has 1 amide bonds. The van der Waals surface area contributed by atoms with Crippen LogP contribution in [-0.4, -0.2) is 36.9 Å². The number of carbonyl (C=O) groups is 1. The zero-order valence-corrected chi connectivity index (χ0v) is 9.47. The molecular weight excluding hydrogens is 204 g/mol. The summed E-state index contributed by atoms with van der Waals surface area (Å²) >= 11 is 0. The average Bonchev–Trinajstić information content (AvgIpc) is 2.29. The zero-order chi connectivity index (χ0) is 12.0. The lowest BCUT2D eigenvalue weighted by Crippen LogP contribution is -2.33. The molecule has 16 heavy (non-hydrogen) atoms. The summed E-state index contributed by atoms with van der Waals surface area (Å²) < 4.78 is 0. The third kappa shape index (κ3) is 3.47. The molecule has 0 bridgehead atoms. The summed E-state index contributed by atoms with van der Waals surface area (Å²) in [6.45, 7) is 1.70. The van der Waals surface area contributed by atoms with Crippen molar-refractivity contribution in [3.8, 4) is 0 Å². The summed E-state index contributed by atoms with van der Waals surface area (Å²) in [6, 6.07) is 7.03. The molecule has 0 saturated carbocycles. The monoisotopic (exact) mass is 220 g/mol. The topological polar surface area (TPSA) is 61.7 Å². The molecule has 0 spiro atoms. The lowest BCUT2D eigenvalue weighted by atomic mass is 10.1. The fourth-order valence-corrected chi connectivity index (χ4v) is 1.29. The molecule has 1 rings (SSSR count). The van der Waals surface area contributed by atoms with Crippen LogP contribution in [0.3, 0.4) is 0 Å². The largest absolute Gasteiger partial charge is 0.394 e. The van der Waals surface area contributed by atoms with Gasteiger partial charge < -0.3 is 10.4 Å². The van der Waals surface area contributed by atoms with Gasteiger partial charge >= 0.3 is 0 Å². The van der Waals surface area contributed by atoms with Crippen molar-refractivity contribution >= 4 is 12.1 Å². The van der Waals surface area contributed by atoms with Gasteiger partial charge in [-0.1, -0.05) is 29.8 Å². The van der Waals surface area contributed by atoms with Gasteiger partial charge in [-0.05, 0) is 12.5 Å². The fraction of sp³-hybridized carbons (Fsp3) is 0.333. The Balaban J connectivity index is 2.75. The molecule has 2 N–H and O–H groups in total. The van der Waals surface area contributed by atoms with Gasteiger partial charge in [-0.25, -0.2) is 0 Å². The van der Waals surface area contributed by atoms with E-state index >= 15 is 0 Å². The van der Waals surface area contributed by atoms with Crippen molar-refractivity contribution in [1.29, 1.82) is 0 Å². The number of aliphatic hydroxyl groups is 1. The van der Waals surface area contributed by atoms with Crippen LogP contribution < -0.4 is 5.32 Å². The SMILES string of the molecule is CNC(=O)[C@H](CO)/N=C/c1cccc(C)c1. The van der Waals surface area contributed by atoms with Gasteiger partial charge in [0.05, 0.1) is 6.61 Å². The molecule has 1 aromatic rings. The number of hydrogen-bond donors (Lipinski definition) is 2. The van der Waals surface area contributed by atoms with E-state index in [2.05, 4.69) is 10.3 Å². The van der Waals surface area contributed by atoms with Gasteiger partial charge in [0.15, 0.2) is 6.04 Å². The molecule has 0 unspecified atom stereocenters. The number of nitrogens with zero attached hydrogens (tertiary/aromatic N) is 1. The first-order valence-electron chi connectivity index (χ1n) is 5.09. The van der Waals surface area contributed by atoms with E-state index in [0.29, 0.717) is 0 Å². The van der Waals surface area contributed by atoms with E-state index in [1.54, 1.807) is 6.21 Å². The first kappa shape index (κ1) is 12.4. The van der Waals surface area contributed by atoms with Crippen LogP contribution in [-0.2, 0) is 4.79 Å². The van der Waals surface area contributed by atoms with Crippen molar-refractivity contribution in [2.75, 3.05) is 13.7 Å². The first-order chi connectivity index (χ1) is 7.67. The van der Waals surface area contributed by atoms with E-state index in [4.69, 9.17) is 5.11 Å². The van der Waals surface area contributed by atoms with Crippen LogP contribution in [0.1, 0.15) is 11.1 Å². The Morgan fingerprint density at radius 1 is 1.62 bits per heavy atom. The van der Waals surface area contributed by atoms with Gasteiger partial charge in [-0.3, -0.25) is 9.79 Å². The van der Waals surface area contributed by atoms with Crippen LogP contribution in [0.2, 0.25) is 0 Å². The second-order valence-electron chi connectivity index (χ2n) is 3.50. The number of carbonyl (C=O) groups excluding carboxylic acids is 1. The predicted octanol–water partition coefficient (Wildman–Crippen LogP) is 0.521. The van der Waals surface area contributed by atoms with Gasteiger partial charge in [0.2, 0.25) is 5.91 Å². The number of rotatable bonds is 4. The lowest BCUT2D eigenvalue weighted by molar-refractivity contribution is -0.122. The third-order valence-corrected chi connectivity index (χ3v) is 2.17. The van der Waals surface area contributed by atoms with Crippen molar-refractivity contribution in [2.45, 2.75) is 13.0 Å². The number of amides is 1. The zero-order valence-electron chi connectivity index (χ0n) is 9.47. The standard InChI is InChI=1S/C12H16N2O2/c1-9-4-3-5-10(6-9)7-14-11(8-15)12(16)13-2/h3-7,11,15H,8H2,1-2H3,(H,13,16)/b14-7+/t11-/m0/s1. The van der Waals surface area contributed by atoms with E-state index in [1.165, 1.54) is 7.05 Å². The minimum atomic E-state index is -0.731. The number of aliphatic hydroxyl groups excluding tert-OH is 1. The highest BCUT2D eigenvalue weighted by Gasteiger charge is 2.12. The molecule has 86 valence electrons. The van der Waals surface area contributed by atoms with Crippen LogP contribution in [0.4, 0.5) is 0 Å². The molecule has 0 heterocycles. The maximum absolute atomic E-state index is 11.2. The predicted molar refractivity (Wildman–Crippen MR) is 63.7 cm³/mol. The fourth-order valence-electron chi connectivity index (χ4n) is 1.29. The maximum atomic E-state index is 11.2. The van der Waals surface area contributed by atoms with E-state index in [1.807, 2.05) is 31.2 Å². The molecule has 0 aromatic heterocycles. The van der Waals surface area contributed by atoms with Crippen LogP contribution in [0, 0.1) is 6.92 Å². The van der Waals surface area contributed by atoms with Gasteiger partial charge in [0.1, 0.15) is 0 Å². The summed E-state index contributed by atoms with van der Waals surface area (Å²) in [7, 11) is 1.52. The summed E-state index contributed by atoms with van der Waals surface area (Å²) in [6.07, 6.45) is 1.60. The van der Waals surface area contributed by atoms with Crippen LogP contribution >= 0.6 is 0 Å². The summed E-state index contributed by atoms with van der Waals surface area (Å²) in [5, 5.41) is 11.4. The Morgan fingerprint density at radius 3 is 2.94 bits per heavy atom.